The summed E-state index contributed by atoms with van der Waals surface area (Å²) < 4.78 is 30.6. The van der Waals surface area contributed by atoms with Crippen LogP contribution in [-0.4, -0.2) is 29.8 Å². The number of hydrogen-bond acceptors (Lipinski definition) is 6. The maximum absolute atomic E-state index is 12.3. The van der Waals surface area contributed by atoms with Crippen molar-refractivity contribution in [1.82, 2.24) is 10.2 Å². The third-order valence-electron chi connectivity index (χ3n) is 3.78. The third-order valence-corrected chi connectivity index (χ3v) is 6.45. The van der Waals surface area contributed by atoms with Gasteiger partial charge in [-0.1, -0.05) is 27.1 Å². The van der Waals surface area contributed by atoms with Crippen LogP contribution in [-0.2, 0) is 9.84 Å². The molecule has 0 fully saturated rings. The minimum atomic E-state index is -3.39. The van der Waals surface area contributed by atoms with Crippen LogP contribution in [0.15, 0.2) is 62.3 Å². The second kappa shape index (κ2) is 7.61. The predicted molar refractivity (Wildman–Crippen MR) is 104 cm³/mol. The molecule has 27 heavy (non-hydrogen) atoms. The van der Waals surface area contributed by atoms with Gasteiger partial charge in [0.05, 0.1) is 10.1 Å². The van der Waals surface area contributed by atoms with Crippen molar-refractivity contribution < 1.29 is 17.6 Å². The molecular weight excluding hydrogens is 434 g/mol. The molecule has 0 unspecified atom stereocenters. The fourth-order valence-electron chi connectivity index (χ4n) is 2.25. The van der Waals surface area contributed by atoms with E-state index < -0.39 is 21.0 Å². The molecule has 1 aromatic heterocycles. The standard InChI is InChI=1S/C18H16BrN3O4S/c1-11(2)27(24,25)15-8-6-12(7-9-15)16(23)20-18-22-21-17(26-18)13-4-3-5-14(19)10-13/h3-11H,1-2H3,(H,20,22,23). The van der Waals surface area contributed by atoms with Crippen LogP contribution < -0.4 is 5.32 Å². The summed E-state index contributed by atoms with van der Waals surface area (Å²) in [6.45, 7) is 3.21. The molecule has 140 valence electrons. The number of nitrogens with one attached hydrogen (secondary N) is 1. The first-order chi connectivity index (χ1) is 12.8. The van der Waals surface area contributed by atoms with Crippen LogP contribution in [0.3, 0.4) is 0 Å². The van der Waals surface area contributed by atoms with Crippen molar-refractivity contribution in [2.75, 3.05) is 5.32 Å². The van der Waals surface area contributed by atoms with Gasteiger partial charge in [0.15, 0.2) is 9.84 Å². The zero-order chi connectivity index (χ0) is 19.6. The van der Waals surface area contributed by atoms with Gasteiger partial charge in [0.1, 0.15) is 0 Å². The Morgan fingerprint density at radius 3 is 2.44 bits per heavy atom. The van der Waals surface area contributed by atoms with E-state index in [0.29, 0.717) is 5.56 Å². The molecule has 0 saturated carbocycles. The highest BCUT2D eigenvalue weighted by Crippen LogP contribution is 2.23. The Hall–Kier alpha value is -2.52. The van der Waals surface area contributed by atoms with E-state index in [1.807, 2.05) is 18.2 Å². The minimum absolute atomic E-state index is 0.0474. The smallest absolute Gasteiger partial charge is 0.322 e. The summed E-state index contributed by atoms with van der Waals surface area (Å²) >= 11 is 3.36. The zero-order valence-electron chi connectivity index (χ0n) is 14.5. The summed E-state index contributed by atoms with van der Waals surface area (Å²) in [7, 11) is -3.39. The Kier molecular flexibility index (Phi) is 5.43. The van der Waals surface area contributed by atoms with Crippen molar-refractivity contribution in [2.45, 2.75) is 24.0 Å². The second-order valence-electron chi connectivity index (χ2n) is 5.99. The number of aromatic nitrogens is 2. The van der Waals surface area contributed by atoms with E-state index in [9.17, 15) is 13.2 Å². The number of carbonyl (C=O) groups is 1. The zero-order valence-corrected chi connectivity index (χ0v) is 16.9. The Morgan fingerprint density at radius 2 is 1.81 bits per heavy atom. The highest BCUT2D eigenvalue weighted by molar-refractivity contribution is 9.10. The normalized spacial score (nSPS) is 11.6. The van der Waals surface area contributed by atoms with Gasteiger partial charge < -0.3 is 4.42 Å². The molecule has 1 amide bonds. The quantitative estimate of drug-likeness (QED) is 0.632. The van der Waals surface area contributed by atoms with Gasteiger partial charge in [0.25, 0.3) is 5.91 Å². The number of nitrogens with zero attached hydrogens (tertiary/aromatic N) is 2. The third kappa shape index (κ3) is 4.25. The van der Waals surface area contributed by atoms with Crippen molar-refractivity contribution in [1.29, 1.82) is 0 Å². The van der Waals surface area contributed by atoms with Gasteiger partial charge in [-0.2, -0.15) is 0 Å². The van der Waals surface area contributed by atoms with Crippen LogP contribution >= 0.6 is 15.9 Å². The van der Waals surface area contributed by atoms with Gasteiger partial charge in [-0.3, -0.25) is 10.1 Å². The first kappa shape index (κ1) is 19.2. The molecule has 0 radical (unpaired) electrons. The van der Waals surface area contributed by atoms with E-state index in [4.69, 9.17) is 4.42 Å². The molecule has 3 rings (SSSR count). The first-order valence-electron chi connectivity index (χ1n) is 8.02. The van der Waals surface area contributed by atoms with E-state index in [0.717, 1.165) is 4.47 Å². The van der Waals surface area contributed by atoms with E-state index in [1.54, 1.807) is 19.9 Å². The monoisotopic (exact) mass is 449 g/mol. The number of rotatable bonds is 5. The van der Waals surface area contributed by atoms with E-state index >= 15 is 0 Å². The molecule has 2 aromatic carbocycles. The van der Waals surface area contributed by atoms with Crippen molar-refractivity contribution in [2.24, 2.45) is 0 Å². The molecule has 0 spiro atoms. The predicted octanol–water partition coefficient (Wildman–Crippen LogP) is 3.93. The van der Waals surface area contributed by atoms with Crippen LogP contribution in [0.25, 0.3) is 11.5 Å². The molecule has 0 aliphatic heterocycles. The van der Waals surface area contributed by atoms with Crippen LogP contribution in [0.1, 0.15) is 24.2 Å². The fourth-order valence-corrected chi connectivity index (χ4v) is 3.71. The highest BCUT2D eigenvalue weighted by atomic mass is 79.9. The summed E-state index contributed by atoms with van der Waals surface area (Å²) in [6, 6.07) is 13.0. The lowest BCUT2D eigenvalue weighted by atomic mass is 10.2. The molecular formula is C18H16BrN3O4S. The molecule has 0 atom stereocenters. The molecule has 3 aromatic rings. The molecule has 7 nitrogen and oxygen atoms in total. The molecule has 0 aliphatic rings. The van der Waals surface area contributed by atoms with Crippen LogP contribution in [0.4, 0.5) is 6.01 Å². The Balaban J connectivity index is 1.75. The number of sulfone groups is 1. The summed E-state index contributed by atoms with van der Waals surface area (Å²) in [5.74, 6) is -0.210. The highest BCUT2D eigenvalue weighted by Gasteiger charge is 2.20. The van der Waals surface area contributed by atoms with Gasteiger partial charge in [-0.15, -0.1) is 5.10 Å². The van der Waals surface area contributed by atoms with Gasteiger partial charge >= 0.3 is 6.01 Å². The van der Waals surface area contributed by atoms with Crippen LogP contribution in [0, 0.1) is 0 Å². The number of benzene rings is 2. The van der Waals surface area contributed by atoms with Crippen molar-refractivity contribution in [3.05, 3.63) is 58.6 Å². The summed E-state index contributed by atoms with van der Waals surface area (Å²) in [6.07, 6.45) is 0. The lowest BCUT2D eigenvalue weighted by Crippen LogP contribution is -2.15. The van der Waals surface area contributed by atoms with E-state index in [-0.39, 0.29) is 22.4 Å². The average Bonchev–Trinajstić information content (AvgIpc) is 3.10. The van der Waals surface area contributed by atoms with Gasteiger partial charge in [0.2, 0.25) is 5.89 Å². The summed E-state index contributed by atoms with van der Waals surface area (Å²) in [5.41, 5.74) is 0.987. The SMILES string of the molecule is CC(C)S(=O)(=O)c1ccc(C(=O)Nc2nnc(-c3cccc(Br)c3)o2)cc1. The lowest BCUT2D eigenvalue weighted by Gasteiger charge is -2.08. The van der Waals surface area contributed by atoms with Crippen molar-refractivity contribution in [3.63, 3.8) is 0 Å². The number of amides is 1. The van der Waals surface area contributed by atoms with Crippen LogP contribution in [0.5, 0.6) is 0 Å². The van der Waals surface area contributed by atoms with E-state index in [2.05, 4.69) is 31.4 Å². The average molecular weight is 450 g/mol. The summed E-state index contributed by atoms with van der Waals surface area (Å²) in [5, 5.41) is 9.68. The number of carbonyl (C=O) groups excluding carboxylic acids is 1. The maximum atomic E-state index is 12.3. The number of hydrogen-bond donors (Lipinski definition) is 1. The lowest BCUT2D eigenvalue weighted by molar-refractivity contribution is 0.102. The largest absolute Gasteiger partial charge is 0.403 e. The minimum Gasteiger partial charge on any atom is -0.403 e. The van der Waals surface area contributed by atoms with Gasteiger partial charge in [-0.05, 0) is 56.3 Å². The molecule has 1 heterocycles. The molecule has 9 heteroatoms. The maximum Gasteiger partial charge on any atom is 0.322 e. The topological polar surface area (TPSA) is 102 Å². The van der Waals surface area contributed by atoms with Crippen LogP contribution in [0.2, 0.25) is 0 Å². The Morgan fingerprint density at radius 1 is 1.11 bits per heavy atom. The van der Waals surface area contributed by atoms with Gasteiger partial charge in [0, 0.05) is 15.6 Å². The Bertz CT molecular complexity index is 1080. The molecule has 0 bridgehead atoms. The van der Waals surface area contributed by atoms with Crippen molar-refractivity contribution in [3.8, 4) is 11.5 Å². The Labute approximate surface area is 164 Å². The number of halogens is 1. The van der Waals surface area contributed by atoms with E-state index in [1.165, 1.54) is 24.3 Å². The molecule has 1 N–H and O–H groups in total. The van der Waals surface area contributed by atoms with Crippen molar-refractivity contribution >= 4 is 37.7 Å². The first-order valence-corrected chi connectivity index (χ1v) is 10.4. The van der Waals surface area contributed by atoms with Gasteiger partial charge in [-0.25, -0.2) is 8.42 Å². The summed E-state index contributed by atoms with van der Waals surface area (Å²) in [4.78, 5) is 12.5. The molecule has 0 aliphatic carbocycles. The second-order valence-corrected chi connectivity index (χ2v) is 9.41. The fraction of sp³-hybridized carbons (Fsp3) is 0.167. The number of anilines is 1. The molecule has 0 saturated heterocycles.